The topological polar surface area (TPSA) is 88.3 Å². The average molecular weight is 438 g/mol. The average Bonchev–Trinajstić information content (AvgIpc) is 2.64. The summed E-state index contributed by atoms with van der Waals surface area (Å²) in [6.45, 7) is 1.59. The first-order valence-corrected chi connectivity index (χ1v) is 10.3. The molecule has 0 fully saturated rings. The van der Waals surface area contributed by atoms with Gasteiger partial charge < -0.3 is 9.72 Å². The minimum absolute atomic E-state index is 0.0708. The molecule has 2 aromatic carbocycles. The van der Waals surface area contributed by atoms with Gasteiger partial charge in [-0.1, -0.05) is 18.2 Å². The van der Waals surface area contributed by atoms with Crippen molar-refractivity contribution in [2.24, 2.45) is 0 Å². The smallest absolute Gasteiger partial charge is 0.404 e. The highest BCUT2D eigenvalue weighted by molar-refractivity contribution is 7.92. The highest BCUT2D eigenvalue weighted by Gasteiger charge is 2.35. The lowest BCUT2D eigenvalue weighted by Crippen LogP contribution is -2.27. The third kappa shape index (κ3) is 5.63. The van der Waals surface area contributed by atoms with E-state index in [1.165, 1.54) is 24.4 Å². The molecule has 0 atom stereocenters. The summed E-state index contributed by atoms with van der Waals surface area (Å²) in [6, 6.07) is 14.4. The lowest BCUT2D eigenvalue weighted by molar-refractivity contribution is -0.106. The summed E-state index contributed by atoms with van der Waals surface area (Å²) in [5, 5.41) is 0. The number of aromatic nitrogens is 1. The summed E-state index contributed by atoms with van der Waals surface area (Å²) in [5.74, 6) is -1.17. The summed E-state index contributed by atoms with van der Waals surface area (Å²) < 4.78 is 69.0. The highest BCUT2D eigenvalue weighted by Crippen LogP contribution is 2.35. The summed E-state index contributed by atoms with van der Waals surface area (Å²) in [4.78, 5) is 14.2. The van der Waals surface area contributed by atoms with E-state index in [0.717, 1.165) is 0 Å². The number of sulfonamides is 1. The van der Waals surface area contributed by atoms with Gasteiger partial charge in [-0.3, -0.25) is 9.52 Å². The van der Waals surface area contributed by atoms with Crippen molar-refractivity contribution < 1.29 is 26.3 Å². The molecule has 6 nitrogen and oxygen atoms in total. The number of halogens is 3. The Morgan fingerprint density at radius 1 is 1.07 bits per heavy atom. The summed E-state index contributed by atoms with van der Waals surface area (Å²) in [5.41, 5.74) is 0.909. The molecule has 0 aliphatic carbocycles. The third-order valence-electron chi connectivity index (χ3n) is 3.98. The molecular weight excluding hydrogens is 421 g/mol. The van der Waals surface area contributed by atoms with Crippen molar-refractivity contribution in [1.82, 2.24) is 4.98 Å². The molecule has 0 saturated heterocycles. The van der Waals surface area contributed by atoms with E-state index < -0.39 is 22.0 Å². The molecule has 1 heterocycles. The number of pyridine rings is 1. The molecule has 158 valence electrons. The Kier molecular flexibility index (Phi) is 5.88. The third-order valence-corrected chi connectivity index (χ3v) is 5.23. The molecular formula is C20H17F3N2O4S. The Morgan fingerprint density at radius 3 is 2.40 bits per heavy atom. The maximum absolute atomic E-state index is 12.5. The lowest BCUT2D eigenvalue weighted by atomic mass is 10.0. The van der Waals surface area contributed by atoms with Gasteiger partial charge in [0, 0.05) is 28.6 Å². The summed E-state index contributed by atoms with van der Waals surface area (Å²) in [6.07, 6.45) is -3.46. The number of nitrogens with one attached hydrogen (secondary N) is 2. The Bertz CT molecular complexity index is 1210. The number of alkyl halides is 3. The number of para-hydroxylation sites is 1. The van der Waals surface area contributed by atoms with Gasteiger partial charge in [-0.2, -0.15) is 13.2 Å². The van der Waals surface area contributed by atoms with Crippen LogP contribution in [-0.4, -0.2) is 25.3 Å². The molecule has 10 heteroatoms. The van der Waals surface area contributed by atoms with E-state index >= 15 is 0 Å². The number of aryl methyl sites for hydroxylation is 1. The number of rotatable bonds is 6. The maximum atomic E-state index is 12.5. The predicted molar refractivity (Wildman–Crippen MR) is 107 cm³/mol. The van der Waals surface area contributed by atoms with Crippen LogP contribution in [-0.2, 0) is 10.0 Å². The number of hydrogen-bond donors (Lipinski definition) is 2. The zero-order valence-electron chi connectivity index (χ0n) is 15.7. The normalized spacial score (nSPS) is 11.9. The van der Waals surface area contributed by atoms with Crippen molar-refractivity contribution in [2.45, 2.75) is 13.1 Å². The van der Waals surface area contributed by atoms with Gasteiger partial charge in [0.05, 0.1) is 0 Å². The van der Waals surface area contributed by atoms with Crippen LogP contribution in [0.3, 0.4) is 0 Å². The first-order valence-electron chi connectivity index (χ1n) is 8.66. The molecule has 0 aliphatic heterocycles. The molecule has 0 spiro atoms. The van der Waals surface area contributed by atoms with E-state index in [-0.39, 0.29) is 11.2 Å². The standard InChI is InChI=1S/C20H17F3N2O4S/c1-13-9-14(11-24-19(13)26)17-10-15(25-30(27,28)12-20(21,22)23)7-8-18(17)29-16-5-3-2-4-6-16/h2-11,25H,12H2,1H3,(H,24,26). The largest absolute Gasteiger partial charge is 0.457 e. The van der Waals surface area contributed by atoms with Crippen molar-refractivity contribution in [3.8, 4) is 22.6 Å². The Hall–Kier alpha value is -3.27. The van der Waals surface area contributed by atoms with Crippen LogP contribution in [0.1, 0.15) is 5.56 Å². The second kappa shape index (κ2) is 8.23. The molecule has 3 aromatic rings. The molecule has 1 aromatic heterocycles. The van der Waals surface area contributed by atoms with Crippen LogP contribution in [0.5, 0.6) is 11.5 Å². The van der Waals surface area contributed by atoms with Crippen LogP contribution >= 0.6 is 0 Å². The SMILES string of the molecule is Cc1cc(-c2cc(NS(=O)(=O)CC(F)(F)F)ccc2Oc2ccccc2)c[nH]c1=O. The number of aromatic amines is 1. The van der Waals surface area contributed by atoms with Crippen molar-refractivity contribution in [1.29, 1.82) is 0 Å². The maximum Gasteiger partial charge on any atom is 0.404 e. The Morgan fingerprint density at radius 2 is 1.77 bits per heavy atom. The number of ether oxygens (including phenoxy) is 1. The zero-order valence-corrected chi connectivity index (χ0v) is 16.5. The van der Waals surface area contributed by atoms with E-state index in [9.17, 15) is 26.4 Å². The monoisotopic (exact) mass is 438 g/mol. The zero-order chi connectivity index (χ0) is 21.9. The van der Waals surface area contributed by atoms with Gasteiger partial charge in [0.2, 0.25) is 10.0 Å². The molecule has 0 radical (unpaired) electrons. The summed E-state index contributed by atoms with van der Waals surface area (Å²) in [7, 11) is -4.65. The molecule has 0 aliphatic rings. The van der Waals surface area contributed by atoms with Gasteiger partial charge >= 0.3 is 6.18 Å². The minimum Gasteiger partial charge on any atom is -0.457 e. The molecule has 30 heavy (non-hydrogen) atoms. The van der Waals surface area contributed by atoms with Crippen LogP contribution < -0.4 is 15.0 Å². The van der Waals surface area contributed by atoms with Crippen LogP contribution in [0, 0.1) is 6.92 Å². The summed E-state index contributed by atoms with van der Waals surface area (Å²) >= 11 is 0. The van der Waals surface area contributed by atoms with Gasteiger partial charge in [-0.05, 0) is 43.3 Å². The van der Waals surface area contributed by atoms with Crippen LogP contribution in [0.15, 0.2) is 65.6 Å². The molecule has 0 saturated carbocycles. The highest BCUT2D eigenvalue weighted by atomic mass is 32.2. The van der Waals surface area contributed by atoms with Crippen LogP contribution in [0.4, 0.5) is 18.9 Å². The van der Waals surface area contributed by atoms with Crippen molar-refractivity contribution in [3.05, 3.63) is 76.7 Å². The van der Waals surface area contributed by atoms with Crippen LogP contribution in [0.25, 0.3) is 11.1 Å². The van der Waals surface area contributed by atoms with Crippen molar-refractivity contribution >= 4 is 15.7 Å². The molecule has 2 N–H and O–H groups in total. The lowest BCUT2D eigenvalue weighted by Gasteiger charge is -2.15. The van der Waals surface area contributed by atoms with Gasteiger partial charge in [-0.15, -0.1) is 0 Å². The Labute approximate surface area is 170 Å². The van der Waals surface area contributed by atoms with E-state index in [1.54, 1.807) is 43.3 Å². The molecule has 3 rings (SSSR count). The number of anilines is 1. The fourth-order valence-electron chi connectivity index (χ4n) is 2.71. The van der Waals surface area contributed by atoms with Gasteiger partial charge in [0.15, 0.2) is 5.75 Å². The van der Waals surface area contributed by atoms with Crippen molar-refractivity contribution in [3.63, 3.8) is 0 Å². The van der Waals surface area contributed by atoms with E-state index in [1.807, 2.05) is 4.72 Å². The quantitative estimate of drug-likeness (QED) is 0.595. The second-order valence-electron chi connectivity index (χ2n) is 6.50. The number of hydrogen-bond acceptors (Lipinski definition) is 4. The fraction of sp³-hybridized carbons (Fsp3) is 0.150. The number of benzene rings is 2. The van der Waals surface area contributed by atoms with Gasteiger partial charge in [0.1, 0.15) is 11.5 Å². The molecule has 0 amide bonds. The first-order chi connectivity index (χ1) is 14.0. The fourth-order valence-corrected chi connectivity index (χ4v) is 3.70. The second-order valence-corrected chi connectivity index (χ2v) is 8.23. The van der Waals surface area contributed by atoms with Gasteiger partial charge in [-0.25, -0.2) is 8.42 Å². The first kappa shape index (κ1) is 21.4. The van der Waals surface area contributed by atoms with Crippen molar-refractivity contribution in [2.75, 3.05) is 10.5 Å². The van der Waals surface area contributed by atoms with E-state index in [4.69, 9.17) is 4.74 Å². The van der Waals surface area contributed by atoms with Gasteiger partial charge in [0.25, 0.3) is 5.56 Å². The van der Waals surface area contributed by atoms with E-state index in [2.05, 4.69) is 4.98 Å². The van der Waals surface area contributed by atoms with E-state index in [0.29, 0.717) is 28.2 Å². The molecule has 0 unspecified atom stereocenters. The predicted octanol–water partition coefficient (Wildman–Crippen LogP) is 4.45. The Balaban J connectivity index is 2.03. The number of H-pyrrole nitrogens is 1. The van der Waals surface area contributed by atoms with Crippen LogP contribution in [0.2, 0.25) is 0 Å². The minimum atomic E-state index is -4.87. The molecule has 0 bridgehead atoms.